The number of rotatable bonds is 5. The first-order valence-electron chi connectivity index (χ1n) is 5.50. The molecule has 18 heavy (non-hydrogen) atoms. The second-order valence-electron chi connectivity index (χ2n) is 3.77. The third-order valence-corrected chi connectivity index (χ3v) is 3.21. The summed E-state index contributed by atoms with van der Waals surface area (Å²) in [5.74, 6) is -0.0800. The van der Waals surface area contributed by atoms with Crippen LogP contribution in [-0.4, -0.2) is 22.4 Å². The number of nitrogens with two attached hydrogens (primary N) is 1. The average Bonchev–Trinajstić information content (AvgIpc) is 2.81. The van der Waals surface area contributed by atoms with Crippen LogP contribution >= 0.6 is 11.3 Å². The van der Waals surface area contributed by atoms with E-state index in [0.717, 1.165) is 12.1 Å². The van der Waals surface area contributed by atoms with Gasteiger partial charge in [-0.15, -0.1) is 11.3 Å². The molecule has 6 heteroatoms. The van der Waals surface area contributed by atoms with Crippen molar-refractivity contribution in [3.8, 4) is 6.01 Å². The summed E-state index contributed by atoms with van der Waals surface area (Å²) in [6, 6.07) is 6.01. The van der Waals surface area contributed by atoms with Crippen LogP contribution in [-0.2, 0) is 6.42 Å². The van der Waals surface area contributed by atoms with Crippen molar-refractivity contribution >= 4 is 17.2 Å². The molecule has 0 fully saturated rings. The molecule has 5 nitrogen and oxygen atoms in total. The topological polar surface area (TPSA) is 84.9 Å². The maximum atomic E-state index is 7.35. The number of aryl methyl sites for hydroxylation is 1. The van der Waals surface area contributed by atoms with Crippen molar-refractivity contribution in [1.29, 1.82) is 5.41 Å². The van der Waals surface area contributed by atoms with Gasteiger partial charge in [-0.2, -0.15) is 4.98 Å². The lowest BCUT2D eigenvalue weighted by Crippen LogP contribution is -2.15. The molecule has 2 rings (SSSR count). The predicted molar refractivity (Wildman–Crippen MR) is 71.3 cm³/mol. The molecule has 0 atom stereocenters. The van der Waals surface area contributed by atoms with Crippen LogP contribution in [0.5, 0.6) is 6.01 Å². The minimum Gasteiger partial charge on any atom is -0.463 e. The van der Waals surface area contributed by atoms with Crippen LogP contribution in [0.4, 0.5) is 0 Å². The number of hydrogen-bond donors (Lipinski definition) is 2. The number of nitrogens with zero attached hydrogens (tertiary/aromatic N) is 2. The standard InChI is InChI=1S/C12H14N4OS/c1-8-7-10(11(13)14)16-12(15-8)17-5-4-9-3-2-6-18-9/h2-3,6-7H,4-5H2,1H3,(H3,13,14). The van der Waals surface area contributed by atoms with Crippen molar-refractivity contribution in [2.24, 2.45) is 5.73 Å². The molecule has 0 aromatic carbocycles. The van der Waals surface area contributed by atoms with Crippen molar-refractivity contribution in [3.05, 3.63) is 39.8 Å². The van der Waals surface area contributed by atoms with Gasteiger partial charge in [0.1, 0.15) is 11.5 Å². The molecule has 0 unspecified atom stereocenters. The Morgan fingerprint density at radius 2 is 2.33 bits per heavy atom. The van der Waals surface area contributed by atoms with Gasteiger partial charge in [0.15, 0.2) is 0 Å². The van der Waals surface area contributed by atoms with Gasteiger partial charge in [-0.05, 0) is 24.4 Å². The number of hydrogen-bond acceptors (Lipinski definition) is 5. The molecule has 3 N–H and O–H groups in total. The quantitative estimate of drug-likeness (QED) is 0.635. The molecular formula is C12H14N4OS. The lowest BCUT2D eigenvalue weighted by Gasteiger charge is -2.06. The molecule has 0 saturated carbocycles. The zero-order valence-corrected chi connectivity index (χ0v) is 10.8. The van der Waals surface area contributed by atoms with Crippen molar-refractivity contribution in [3.63, 3.8) is 0 Å². The van der Waals surface area contributed by atoms with E-state index < -0.39 is 0 Å². The highest BCUT2D eigenvalue weighted by Gasteiger charge is 2.05. The van der Waals surface area contributed by atoms with E-state index >= 15 is 0 Å². The first kappa shape index (κ1) is 12.5. The molecule has 2 heterocycles. The number of amidine groups is 1. The van der Waals surface area contributed by atoms with Gasteiger partial charge < -0.3 is 10.5 Å². The van der Waals surface area contributed by atoms with E-state index in [1.807, 2.05) is 18.4 Å². The van der Waals surface area contributed by atoms with E-state index in [1.165, 1.54) is 4.88 Å². The molecule has 2 aromatic rings. The lowest BCUT2D eigenvalue weighted by atomic mass is 10.3. The summed E-state index contributed by atoms with van der Waals surface area (Å²) in [6.07, 6.45) is 0.824. The first-order valence-corrected chi connectivity index (χ1v) is 6.38. The van der Waals surface area contributed by atoms with Gasteiger partial charge in [0.2, 0.25) is 0 Å². The van der Waals surface area contributed by atoms with Gasteiger partial charge in [0.25, 0.3) is 0 Å². The maximum absolute atomic E-state index is 7.35. The fourth-order valence-electron chi connectivity index (χ4n) is 1.44. The summed E-state index contributed by atoms with van der Waals surface area (Å²) < 4.78 is 5.48. The van der Waals surface area contributed by atoms with Crippen LogP contribution in [0.15, 0.2) is 23.6 Å². The van der Waals surface area contributed by atoms with Crippen LogP contribution in [0.1, 0.15) is 16.3 Å². The normalized spacial score (nSPS) is 10.3. The molecule has 0 aliphatic heterocycles. The zero-order chi connectivity index (χ0) is 13.0. The van der Waals surface area contributed by atoms with Crippen LogP contribution < -0.4 is 10.5 Å². The highest BCUT2D eigenvalue weighted by molar-refractivity contribution is 7.09. The Morgan fingerprint density at radius 3 is 3.00 bits per heavy atom. The third kappa shape index (κ3) is 3.27. The summed E-state index contributed by atoms with van der Waals surface area (Å²) in [6.45, 7) is 2.33. The number of thiophene rings is 1. The molecule has 0 saturated heterocycles. The van der Waals surface area contributed by atoms with E-state index in [0.29, 0.717) is 12.3 Å². The highest BCUT2D eigenvalue weighted by atomic mass is 32.1. The molecule has 0 amide bonds. The Bertz CT molecular complexity index is 539. The summed E-state index contributed by atoms with van der Waals surface area (Å²) in [4.78, 5) is 9.48. The third-order valence-electron chi connectivity index (χ3n) is 2.27. The van der Waals surface area contributed by atoms with Gasteiger partial charge in [0.05, 0.1) is 6.61 Å². The molecule has 0 spiro atoms. The van der Waals surface area contributed by atoms with E-state index in [1.54, 1.807) is 17.4 Å². The fourth-order valence-corrected chi connectivity index (χ4v) is 2.13. The Morgan fingerprint density at radius 1 is 1.50 bits per heavy atom. The molecule has 0 aliphatic rings. The molecule has 0 bridgehead atoms. The smallest absolute Gasteiger partial charge is 0.317 e. The summed E-state index contributed by atoms with van der Waals surface area (Å²) in [7, 11) is 0. The fraction of sp³-hybridized carbons (Fsp3) is 0.250. The van der Waals surface area contributed by atoms with E-state index in [9.17, 15) is 0 Å². The Balaban J connectivity index is 1.98. The SMILES string of the molecule is Cc1cc(C(=N)N)nc(OCCc2cccs2)n1. The van der Waals surface area contributed by atoms with E-state index in [-0.39, 0.29) is 11.8 Å². The maximum Gasteiger partial charge on any atom is 0.317 e. The summed E-state index contributed by atoms with van der Waals surface area (Å²) in [5.41, 5.74) is 6.53. The first-order chi connectivity index (χ1) is 8.65. The van der Waals surface area contributed by atoms with E-state index in [2.05, 4.69) is 16.0 Å². The Hall–Kier alpha value is -1.95. The van der Waals surface area contributed by atoms with E-state index in [4.69, 9.17) is 15.9 Å². The second kappa shape index (κ2) is 5.59. The number of nitrogen functional groups attached to an aromatic ring is 1. The van der Waals surface area contributed by atoms with Gasteiger partial charge in [-0.25, -0.2) is 4.98 Å². The molecular weight excluding hydrogens is 248 g/mol. The number of nitrogens with one attached hydrogen (secondary N) is 1. The Kier molecular flexibility index (Phi) is 3.88. The highest BCUT2D eigenvalue weighted by Crippen LogP contribution is 2.11. The van der Waals surface area contributed by atoms with Crippen molar-refractivity contribution in [2.75, 3.05) is 6.61 Å². The summed E-state index contributed by atoms with van der Waals surface area (Å²) >= 11 is 1.69. The van der Waals surface area contributed by atoms with Crippen LogP contribution in [0.3, 0.4) is 0 Å². The number of ether oxygens (including phenoxy) is 1. The van der Waals surface area contributed by atoms with Crippen molar-refractivity contribution in [2.45, 2.75) is 13.3 Å². The second-order valence-corrected chi connectivity index (χ2v) is 4.80. The molecule has 0 aliphatic carbocycles. The Labute approximate surface area is 109 Å². The summed E-state index contributed by atoms with van der Waals surface area (Å²) in [5, 5.41) is 9.39. The van der Waals surface area contributed by atoms with Crippen LogP contribution in [0.2, 0.25) is 0 Å². The minimum absolute atomic E-state index is 0.0800. The minimum atomic E-state index is -0.0800. The average molecular weight is 262 g/mol. The van der Waals surface area contributed by atoms with Crippen molar-refractivity contribution < 1.29 is 4.74 Å². The monoisotopic (exact) mass is 262 g/mol. The molecule has 0 radical (unpaired) electrons. The van der Waals surface area contributed by atoms with Crippen LogP contribution in [0, 0.1) is 12.3 Å². The largest absolute Gasteiger partial charge is 0.463 e. The number of aromatic nitrogens is 2. The van der Waals surface area contributed by atoms with Gasteiger partial charge in [-0.3, -0.25) is 5.41 Å². The lowest BCUT2D eigenvalue weighted by molar-refractivity contribution is 0.296. The predicted octanol–water partition coefficient (Wildman–Crippen LogP) is 1.75. The van der Waals surface area contributed by atoms with Gasteiger partial charge in [-0.1, -0.05) is 6.07 Å². The molecule has 2 aromatic heterocycles. The zero-order valence-electron chi connectivity index (χ0n) is 10.0. The van der Waals surface area contributed by atoms with Crippen LogP contribution in [0.25, 0.3) is 0 Å². The van der Waals surface area contributed by atoms with Gasteiger partial charge >= 0.3 is 6.01 Å². The van der Waals surface area contributed by atoms with Crippen molar-refractivity contribution in [1.82, 2.24) is 9.97 Å². The molecule has 94 valence electrons. The van der Waals surface area contributed by atoms with Gasteiger partial charge in [0, 0.05) is 17.0 Å².